The molecular weight excluding hydrogens is 556 g/mol. The smallest absolute Gasteiger partial charge is 0.137 e. The Labute approximate surface area is 268 Å². The lowest BCUT2D eigenvalue weighted by Crippen LogP contribution is -2.28. The molecule has 0 saturated carbocycles. The second-order valence-corrected chi connectivity index (χ2v) is 12.0. The molecule has 0 N–H and O–H groups in total. The second kappa shape index (κ2) is 10.6. The molecule has 0 saturated heterocycles. The Morgan fingerprint density at radius 2 is 0.978 bits per heavy atom. The number of pyridine rings is 1. The summed E-state index contributed by atoms with van der Waals surface area (Å²) in [5.41, 5.74) is 15.1. The van der Waals surface area contributed by atoms with E-state index in [9.17, 15) is 0 Å². The van der Waals surface area contributed by atoms with Gasteiger partial charge in [0.05, 0.1) is 16.8 Å². The maximum absolute atomic E-state index is 5.04. The minimum Gasteiger partial charge on any atom is -0.299 e. The molecule has 2 heterocycles. The van der Waals surface area contributed by atoms with Crippen molar-refractivity contribution in [2.24, 2.45) is 0 Å². The van der Waals surface area contributed by atoms with E-state index in [-0.39, 0.29) is 0 Å². The van der Waals surface area contributed by atoms with Gasteiger partial charge in [0.1, 0.15) is 5.65 Å². The fourth-order valence-corrected chi connectivity index (χ4v) is 7.51. The van der Waals surface area contributed by atoms with Gasteiger partial charge in [-0.05, 0) is 62.7 Å². The van der Waals surface area contributed by atoms with E-state index in [1.807, 2.05) is 12.1 Å². The van der Waals surface area contributed by atoms with Crippen molar-refractivity contribution in [2.45, 2.75) is 5.41 Å². The molecule has 0 unspecified atom stereocenters. The van der Waals surface area contributed by atoms with Gasteiger partial charge in [-0.3, -0.25) is 4.40 Å². The first kappa shape index (κ1) is 26.4. The lowest BCUT2D eigenvalue weighted by Gasteiger charge is -2.34. The summed E-state index contributed by atoms with van der Waals surface area (Å²) in [6.45, 7) is 0. The number of rotatable bonds is 5. The number of hydrogen-bond donors (Lipinski definition) is 0. The van der Waals surface area contributed by atoms with Gasteiger partial charge in [0.25, 0.3) is 0 Å². The summed E-state index contributed by atoms with van der Waals surface area (Å²) in [7, 11) is 0. The van der Waals surface area contributed by atoms with Gasteiger partial charge in [-0.15, -0.1) is 0 Å². The Balaban J connectivity index is 1.21. The molecule has 0 spiro atoms. The topological polar surface area (TPSA) is 17.3 Å². The average molecular weight is 587 g/mol. The molecule has 0 bridgehead atoms. The third-order valence-electron chi connectivity index (χ3n) is 9.53. The van der Waals surface area contributed by atoms with E-state index in [0.29, 0.717) is 0 Å². The van der Waals surface area contributed by atoms with Crippen LogP contribution in [-0.4, -0.2) is 9.38 Å². The van der Waals surface area contributed by atoms with Gasteiger partial charge in [0, 0.05) is 17.3 Å². The maximum atomic E-state index is 5.04. The Morgan fingerprint density at radius 3 is 1.70 bits per heavy atom. The van der Waals surface area contributed by atoms with E-state index in [0.717, 1.165) is 28.2 Å². The van der Waals surface area contributed by atoms with Crippen LogP contribution < -0.4 is 0 Å². The van der Waals surface area contributed by atoms with Crippen LogP contribution in [0.4, 0.5) is 0 Å². The van der Waals surface area contributed by atoms with E-state index in [1.54, 1.807) is 0 Å². The van der Waals surface area contributed by atoms with Gasteiger partial charge in [0.15, 0.2) is 0 Å². The summed E-state index contributed by atoms with van der Waals surface area (Å²) >= 11 is 0. The number of nitrogens with zero attached hydrogens (tertiary/aromatic N) is 2. The molecule has 216 valence electrons. The van der Waals surface area contributed by atoms with Crippen molar-refractivity contribution in [3.05, 3.63) is 204 Å². The van der Waals surface area contributed by atoms with Crippen molar-refractivity contribution >= 4 is 5.65 Å². The minimum atomic E-state index is -0.411. The van der Waals surface area contributed by atoms with Crippen molar-refractivity contribution in [2.75, 3.05) is 0 Å². The maximum Gasteiger partial charge on any atom is 0.137 e. The summed E-state index contributed by atoms with van der Waals surface area (Å²) < 4.78 is 2.19. The number of imidazole rings is 1. The highest BCUT2D eigenvalue weighted by molar-refractivity contribution is 5.89. The van der Waals surface area contributed by atoms with E-state index in [4.69, 9.17) is 4.98 Å². The fourth-order valence-electron chi connectivity index (χ4n) is 7.51. The van der Waals surface area contributed by atoms with Gasteiger partial charge in [0.2, 0.25) is 0 Å². The summed E-state index contributed by atoms with van der Waals surface area (Å²) in [6.07, 6.45) is 2.10. The fraction of sp³-hybridized carbons (Fsp3) is 0.0227. The molecule has 1 aliphatic carbocycles. The van der Waals surface area contributed by atoms with Crippen LogP contribution >= 0.6 is 0 Å². The van der Waals surface area contributed by atoms with E-state index >= 15 is 0 Å². The third kappa shape index (κ3) is 3.94. The monoisotopic (exact) mass is 586 g/mol. The van der Waals surface area contributed by atoms with Crippen LogP contribution in [0.2, 0.25) is 0 Å². The SMILES string of the molecule is c1ccc(-c2nc3ccccn3c2-c2ccc(-c3ccc4c(c3)C(c3ccccc3)(c3ccccc3)c3ccccc3-4)cc2)cc1. The Hall–Kier alpha value is -5.99. The molecule has 0 fully saturated rings. The van der Waals surface area contributed by atoms with Crippen molar-refractivity contribution in [3.63, 3.8) is 0 Å². The quantitative estimate of drug-likeness (QED) is 0.196. The largest absolute Gasteiger partial charge is 0.299 e. The molecule has 46 heavy (non-hydrogen) atoms. The molecule has 9 rings (SSSR count). The highest BCUT2D eigenvalue weighted by Crippen LogP contribution is 2.56. The highest BCUT2D eigenvalue weighted by Gasteiger charge is 2.46. The standard InChI is InChI=1S/C44H30N2/c1-4-14-32(15-5-1)42-43(46-29-13-12-22-41(46)45-42)33-25-23-31(24-26-33)34-27-28-38-37-20-10-11-21-39(37)44(40(38)30-34,35-16-6-2-7-17-35)36-18-8-3-9-19-36/h1-30H. The van der Waals surface area contributed by atoms with Crippen LogP contribution in [0.3, 0.4) is 0 Å². The number of hydrogen-bond acceptors (Lipinski definition) is 1. The van der Waals surface area contributed by atoms with Gasteiger partial charge in [-0.2, -0.15) is 0 Å². The molecule has 2 heteroatoms. The van der Waals surface area contributed by atoms with E-state index in [2.05, 4.69) is 174 Å². The molecule has 0 amide bonds. The summed E-state index contributed by atoms with van der Waals surface area (Å²) in [4.78, 5) is 5.04. The molecule has 0 radical (unpaired) electrons. The predicted molar refractivity (Wildman–Crippen MR) is 189 cm³/mol. The van der Waals surface area contributed by atoms with Crippen molar-refractivity contribution < 1.29 is 0 Å². The van der Waals surface area contributed by atoms with Gasteiger partial charge >= 0.3 is 0 Å². The van der Waals surface area contributed by atoms with Crippen LogP contribution in [-0.2, 0) is 5.41 Å². The molecule has 2 aromatic heterocycles. The number of fused-ring (bicyclic) bond motifs is 4. The zero-order valence-corrected chi connectivity index (χ0v) is 25.2. The van der Waals surface area contributed by atoms with Gasteiger partial charge < -0.3 is 0 Å². The lowest BCUT2D eigenvalue weighted by molar-refractivity contribution is 0.769. The predicted octanol–water partition coefficient (Wildman–Crippen LogP) is 10.7. The van der Waals surface area contributed by atoms with Crippen molar-refractivity contribution in [3.8, 4) is 44.8 Å². The van der Waals surface area contributed by atoms with Crippen molar-refractivity contribution in [1.82, 2.24) is 9.38 Å². The summed E-state index contributed by atoms with van der Waals surface area (Å²) in [6, 6.07) is 63.5. The van der Waals surface area contributed by atoms with Crippen LogP contribution in [0, 0.1) is 0 Å². The zero-order valence-electron chi connectivity index (χ0n) is 25.2. The Morgan fingerprint density at radius 1 is 0.413 bits per heavy atom. The first-order valence-corrected chi connectivity index (χ1v) is 15.8. The van der Waals surface area contributed by atoms with Crippen LogP contribution in [0.25, 0.3) is 50.4 Å². The van der Waals surface area contributed by atoms with E-state index < -0.39 is 5.41 Å². The molecule has 0 atom stereocenters. The molecule has 6 aromatic carbocycles. The lowest BCUT2D eigenvalue weighted by atomic mass is 9.67. The number of benzene rings is 6. The van der Waals surface area contributed by atoms with Gasteiger partial charge in [-0.1, -0.05) is 158 Å². The summed E-state index contributed by atoms with van der Waals surface area (Å²) in [5.74, 6) is 0. The normalized spacial score (nSPS) is 13.0. The molecule has 0 aliphatic heterocycles. The Bertz CT molecular complexity index is 2300. The van der Waals surface area contributed by atoms with E-state index in [1.165, 1.54) is 44.5 Å². The number of aromatic nitrogens is 2. The van der Waals surface area contributed by atoms with Crippen LogP contribution in [0.1, 0.15) is 22.3 Å². The third-order valence-corrected chi connectivity index (χ3v) is 9.53. The highest BCUT2D eigenvalue weighted by atomic mass is 15.0. The molecule has 8 aromatic rings. The zero-order chi connectivity index (χ0) is 30.5. The van der Waals surface area contributed by atoms with Crippen LogP contribution in [0.5, 0.6) is 0 Å². The first-order valence-electron chi connectivity index (χ1n) is 15.8. The van der Waals surface area contributed by atoms with Crippen molar-refractivity contribution in [1.29, 1.82) is 0 Å². The molecule has 2 nitrogen and oxygen atoms in total. The minimum absolute atomic E-state index is 0.411. The summed E-state index contributed by atoms with van der Waals surface area (Å²) in [5, 5.41) is 0. The molecule has 1 aliphatic rings. The molecular formula is C44H30N2. The average Bonchev–Trinajstić information content (AvgIpc) is 3.67. The van der Waals surface area contributed by atoms with Crippen LogP contribution in [0.15, 0.2) is 182 Å². The first-order chi connectivity index (χ1) is 22.8. The second-order valence-electron chi connectivity index (χ2n) is 12.0. The Kier molecular flexibility index (Phi) is 6.07. The van der Waals surface area contributed by atoms with Gasteiger partial charge in [-0.25, -0.2) is 4.98 Å².